The van der Waals surface area contributed by atoms with Gasteiger partial charge in [0.15, 0.2) is 0 Å². The summed E-state index contributed by atoms with van der Waals surface area (Å²) >= 11 is 0.825. The molecule has 6 nitrogen and oxygen atoms in total. The van der Waals surface area contributed by atoms with Crippen LogP contribution in [-0.4, -0.2) is 50.0 Å². The van der Waals surface area contributed by atoms with Crippen molar-refractivity contribution in [3.8, 4) is 0 Å². The van der Waals surface area contributed by atoms with Crippen molar-refractivity contribution in [3.63, 3.8) is 0 Å². The number of nitrogens with one attached hydrogen (secondary N) is 1. The number of carbonyl (C=O) groups is 1. The van der Waals surface area contributed by atoms with Crippen molar-refractivity contribution in [2.24, 2.45) is 0 Å². The zero-order valence-corrected chi connectivity index (χ0v) is 12.2. The van der Waals surface area contributed by atoms with Gasteiger partial charge in [-0.3, -0.25) is 0 Å². The molecule has 1 aliphatic rings. The van der Waals surface area contributed by atoms with Gasteiger partial charge in [0.2, 0.25) is 0 Å². The van der Waals surface area contributed by atoms with Crippen molar-refractivity contribution in [3.05, 3.63) is 16.5 Å². The van der Waals surface area contributed by atoms with E-state index in [1.165, 1.54) is 10.4 Å². The molecule has 2 rings (SSSR count). The molecule has 1 aliphatic heterocycles. The van der Waals surface area contributed by atoms with Gasteiger partial charge in [-0.25, -0.2) is 13.2 Å². The quantitative estimate of drug-likeness (QED) is 0.860. The molecule has 1 aromatic heterocycles. The van der Waals surface area contributed by atoms with Crippen LogP contribution in [0.4, 0.5) is 0 Å². The molecule has 19 heavy (non-hydrogen) atoms. The normalized spacial score (nSPS) is 18.2. The van der Waals surface area contributed by atoms with Gasteiger partial charge in [0.1, 0.15) is 9.09 Å². The standard InChI is InChI=1S/C11H16N2O4S2/c1-8-7-9(18-10(8)11(14)15)19(16,17)13-5-2-3-12-4-6-13/h7,12H,2-6H2,1H3,(H,14,15). The van der Waals surface area contributed by atoms with E-state index >= 15 is 0 Å². The molecule has 0 saturated carbocycles. The second-order valence-electron chi connectivity index (χ2n) is 4.39. The number of hydrogen-bond donors (Lipinski definition) is 2. The second-order valence-corrected chi connectivity index (χ2v) is 7.61. The molecule has 8 heteroatoms. The lowest BCUT2D eigenvalue weighted by Crippen LogP contribution is -2.33. The molecule has 0 radical (unpaired) electrons. The molecule has 0 amide bonds. The van der Waals surface area contributed by atoms with Crippen molar-refractivity contribution in [2.45, 2.75) is 17.6 Å². The number of nitrogens with zero attached hydrogens (tertiary/aromatic N) is 1. The maximum Gasteiger partial charge on any atom is 0.346 e. The van der Waals surface area contributed by atoms with Crippen molar-refractivity contribution < 1.29 is 18.3 Å². The first-order valence-electron chi connectivity index (χ1n) is 5.97. The van der Waals surface area contributed by atoms with Crippen molar-refractivity contribution in [1.82, 2.24) is 9.62 Å². The molecular weight excluding hydrogens is 288 g/mol. The number of aromatic carboxylic acids is 1. The molecular formula is C11H16N2O4S2. The van der Waals surface area contributed by atoms with Gasteiger partial charge in [-0.2, -0.15) is 4.31 Å². The molecule has 0 atom stereocenters. The van der Waals surface area contributed by atoms with E-state index in [4.69, 9.17) is 5.11 Å². The minimum atomic E-state index is -3.57. The van der Waals surface area contributed by atoms with Crippen LogP contribution in [-0.2, 0) is 10.0 Å². The number of rotatable bonds is 3. The Morgan fingerprint density at radius 2 is 2.16 bits per heavy atom. The SMILES string of the molecule is Cc1cc(S(=O)(=O)N2CCCNCC2)sc1C(=O)O. The Balaban J connectivity index is 2.33. The Morgan fingerprint density at radius 1 is 1.42 bits per heavy atom. The zero-order chi connectivity index (χ0) is 14.0. The molecule has 0 spiro atoms. The first-order chi connectivity index (χ1) is 8.93. The van der Waals surface area contributed by atoms with E-state index in [0.29, 0.717) is 25.2 Å². The van der Waals surface area contributed by atoms with Crippen LogP contribution in [0.25, 0.3) is 0 Å². The summed E-state index contributed by atoms with van der Waals surface area (Å²) in [6.45, 7) is 3.92. The molecule has 0 bridgehead atoms. The molecule has 2 N–H and O–H groups in total. The molecule has 1 fully saturated rings. The summed E-state index contributed by atoms with van der Waals surface area (Å²) in [5.74, 6) is -1.08. The lowest BCUT2D eigenvalue weighted by molar-refractivity contribution is 0.0701. The monoisotopic (exact) mass is 304 g/mol. The summed E-state index contributed by atoms with van der Waals surface area (Å²) in [4.78, 5) is 11.1. The van der Waals surface area contributed by atoms with Gasteiger partial charge in [0.05, 0.1) is 0 Å². The van der Waals surface area contributed by atoms with Gasteiger partial charge < -0.3 is 10.4 Å². The Kier molecular flexibility index (Phi) is 4.24. The van der Waals surface area contributed by atoms with Crippen molar-refractivity contribution in [1.29, 1.82) is 0 Å². The fourth-order valence-corrected chi connectivity index (χ4v) is 4.99. The number of sulfonamides is 1. The van der Waals surface area contributed by atoms with Crippen LogP contribution in [0.3, 0.4) is 0 Å². The molecule has 0 aliphatic carbocycles. The average Bonchev–Trinajstić information content (AvgIpc) is 2.58. The highest BCUT2D eigenvalue weighted by Gasteiger charge is 2.28. The van der Waals surface area contributed by atoms with Crippen molar-refractivity contribution >= 4 is 27.3 Å². The summed E-state index contributed by atoms with van der Waals surface area (Å²) in [5, 5.41) is 12.1. The van der Waals surface area contributed by atoms with Crippen LogP contribution in [0.1, 0.15) is 21.7 Å². The molecule has 0 aromatic carbocycles. The molecule has 1 aromatic rings. The maximum atomic E-state index is 12.4. The van der Waals surface area contributed by atoms with Gasteiger partial charge >= 0.3 is 5.97 Å². The summed E-state index contributed by atoms with van der Waals surface area (Å²) in [7, 11) is -3.57. The van der Waals surface area contributed by atoms with Gasteiger partial charge in [-0.05, 0) is 31.5 Å². The number of thiophene rings is 1. The Morgan fingerprint density at radius 3 is 2.79 bits per heavy atom. The fraction of sp³-hybridized carbons (Fsp3) is 0.545. The summed E-state index contributed by atoms with van der Waals surface area (Å²) in [6, 6.07) is 1.45. The lowest BCUT2D eigenvalue weighted by Gasteiger charge is -2.18. The Hall–Kier alpha value is -0.960. The third kappa shape index (κ3) is 2.97. The summed E-state index contributed by atoms with van der Waals surface area (Å²) in [6.07, 6.45) is 0.759. The minimum Gasteiger partial charge on any atom is -0.477 e. The first kappa shape index (κ1) is 14.4. The highest BCUT2D eigenvalue weighted by Crippen LogP contribution is 2.28. The topological polar surface area (TPSA) is 86.7 Å². The largest absolute Gasteiger partial charge is 0.477 e. The predicted molar refractivity (Wildman–Crippen MR) is 72.3 cm³/mol. The van der Waals surface area contributed by atoms with E-state index in [1.54, 1.807) is 6.92 Å². The highest BCUT2D eigenvalue weighted by molar-refractivity contribution is 7.91. The van der Waals surface area contributed by atoms with Crippen LogP contribution >= 0.6 is 11.3 Å². The molecule has 2 heterocycles. The van der Waals surface area contributed by atoms with E-state index in [1.807, 2.05) is 0 Å². The highest BCUT2D eigenvalue weighted by atomic mass is 32.2. The van der Waals surface area contributed by atoms with Crippen LogP contribution in [0.15, 0.2) is 10.3 Å². The smallest absolute Gasteiger partial charge is 0.346 e. The maximum absolute atomic E-state index is 12.4. The summed E-state index contributed by atoms with van der Waals surface area (Å²) in [5.41, 5.74) is 0.490. The number of aryl methyl sites for hydroxylation is 1. The number of carboxylic acid groups (broad SMARTS) is 1. The lowest BCUT2D eigenvalue weighted by atomic mass is 10.3. The number of hydrogen-bond acceptors (Lipinski definition) is 5. The van der Waals surface area contributed by atoms with Gasteiger partial charge in [-0.1, -0.05) is 0 Å². The third-order valence-electron chi connectivity index (χ3n) is 2.98. The van der Waals surface area contributed by atoms with Crippen molar-refractivity contribution in [2.75, 3.05) is 26.2 Å². The van der Waals surface area contributed by atoms with E-state index in [0.717, 1.165) is 24.3 Å². The number of carboxylic acids is 1. The Labute approximate surface area is 116 Å². The van der Waals surface area contributed by atoms with E-state index in [2.05, 4.69) is 5.32 Å². The Bertz CT molecular complexity index is 572. The average molecular weight is 304 g/mol. The van der Waals surface area contributed by atoms with Crippen LogP contribution in [0.5, 0.6) is 0 Å². The zero-order valence-electron chi connectivity index (χ0n) is 10.5. The molecule has 1 saturated heterocycles. The molecule has 0 unspecified atom stereocenters. The van der Waals surface area contributed by atoms with E-state index < -0.39 is 16.0 Å². The van der Waals surface area contributed by atoms with Gasteiger partial charge in [0, 0.05) is 19.6 Å². The van der Waals surface area contributed by atoms with E-state index in [-0.39, 0.29) is 9.09 Å². The predicted octanol–water partition coefficient (Wildman–Crippen LogP) is 0.739. The first-order valence-corrected chi connectivity index (χ1v) is 8.23. The van der Waals surface area contributed by atoms with Crippen LogP contribution < -0.4 is 5.32 Å². The second kappa shape index (κ2) is 5.58. The van der Waals surface area contributed by atoms with Gasteiger partial charge in [-0.15, -0.1) is 11.3 Å². The summed E-state index contributed by atoms with van der Waals surface area (Å²) < 4.78 is 26.4. The third-order valence-corrected chi connectivity index (χ3v) is 6.56. The minimum absolute atomic E-state index is 0.0894. The van der Waals surface area contributed by atoms with Gasteiger partial charge in [0.25, 0.3) is 10.0 Å². The van der Waals surface area contributed by atoms with Crippen LogP contribution in [0.2, 0.25) is 0 Å². The van der Waals surface area contributed by atoms with E-state index in [9.17, 15) is 13.2 Å². The molecule has 106 valence electrons. The van der Waals surface area contributed by atoms with Crippen LogP contribution in [0, 0.1) is 6.92 Å². The fourth-order valence-electron chi connectivity index (χ4n) is 1.98.